The Bertz CT molecular complexity index is 551. The summed E-state index contributed by atoms with van der Waals surface area (Å²) < 4.78 is 23.5. The van der Waals surface area contributed by atoms with Gasteiger partial charge in [-0.25, -0.2) is 0 Å². The Morgan fingerprint density at radius 2 is 2.38 bits per heavy atom. The summed E-state index contributed by atoms with van der Waals surface area (Å²) in [4.78, 5) is 23.3. The topological polar surface area (TPSA) is 81.9 Å². The quantitative estimate of drug-likeness (QED) is 0.470. The Morgan fingerprint density at radius 3 is 3.00 bits per heavy atom. The van der Waals surface area contributed by atoms with Crippen LogP contribution >= 0.6 is 0 Å². The molecular formula is C13H15FN2O5. The number of carbonyl (C=O) groups excluding carboxylic acids is 1. The molecule has 8 heteroatoms. The molecule has 1 aliphatic rings. The van der Waals surface area contributed by atoms with Crippen LogP contribution in [0.5, 0.6) is 0 Å². The third-order valence-electron chi connectivity index (χ3n) is 3.31. The van der Waals surface area contributed by atoms with E-state index in [0.29, 0.717) is 18.7 Å². The highest BCUT2D eigenvalue weighted by atomic mass is 19.1. The van der Waals surface area contributed by atoms with E-state index < -0.39 is 28.4 Å². The lowest BCUT2D eigenvalue weighted by molar-refractivity contribution is -0.387. The molecule has 1 aromatic rings. The molecule has 114 valence electrons. The first kappa shape index (κ1) is 15.3. The standard InChI is InChI=1S/C13H15FN2O5/c1-20-13(17)12-8-21-5-4-15(12)7-9-2-3-11(16(18)19)10(14)6-9/h2-3,6,12H,4-5,7-8H2,1H3. The fraction of sp³-hybridized carbons (Fsp3) is 0.462. The van der Waals surface area contributed by atoms with Gasteiger partial charge in [-0.05, 0) is 11.6 Å². The number of esters is 1. The summed E-state index contributed by atoms with van der Waals surface area (Å²) in [5, 5.41) is 10.6. The molecule has 21 heavy (non-hydrogen) atoms. The van der Waals surface area contributed by atoms with Gasteiger partial charge in [0, 0.05) is 19.2 Å². The van der Waals surface area contributed by atoms with Gasteiger partial charge in [-0.1, -0.05) is 6.07 Å². The Balaban J connectivity index is 2.14. The van der Waals surface area contributed by atoms with Crippen molar-refractivity contribution in [3.63, 3.8) is 0 Å². The van der Waals surface area contributed by atoms with E-state index >= 15 is 0 Å². The van der Waals surface area contributed by atoms with Crippen LogP contribution in [-0.2, 0) is 20.8 Å². The van der Waals surface area contributed by atoms with Gasteiger partial charge in [0.15, 0.2) is 0 Å². The third-order valence-corrected chi connectivity index (χ3v) is 3.31. The number of hydrogen-bond donors (Lipinski definition) is 0. The third kappa shape index (κ3) is 3.53. The number of hydrogen-bond acceptors (Lipinski definition) is 6. The molecule has 7 nitrogen and oxygen atoms in total. The minimum absolute atomic E-state index is 0.210. The summed E-state index contributed by atoms with van der Waals surface area (Å²) in [6, 6.07) is 3.16. The first-order chi connectivity index (χ1) is 10.0. The molecular weight excluding hydrogens is 283 g/mol. The number of halogens is 1. The van der Waals surface area contributed by atoms with E-state index in [-0.39, 0.29) is 13.2 Å². The molecule has 1 saturated heterocycles. The number of methoxy groups -OCH3 is 1. The number of morpholine rings is 1. The number of benzene rings is 1. The number of ether oxygens (including phenoxy) is 2. The van der Waals surface area contributed by atoms with Crippen LogP contribution in [0, 0.1) is 15.9 Å². The summed E-state index contributed by atoms with van der Waals surface area (Å²) in [5.41, 5.74) is -0.0147. The molecule has 0 amide bonds. The number of nitrogens with zero attached hydrogens (tertiary/aromatic N) is 2. The van der Waals surface area contributed by atoms with E-state index in [1.807, 2.05) is 0 Å². The van der Waals surface area contributed by atoms with Crippen LogP contribution in [0.3, 0.4) is 0 Å². The van der Waals surface area contributed by atoms with Crippen LogP contribution in [-0.4, -0.2) is 48.7 Å². The van der Waals surface area contributed by atoms with Crippen molar-refractivity contribution in [1.29, 1.82) is 0 Å². The maximum absolute atomic E-state index is 13.6. The molecule has 1 aromatic carbocycles. The number of nitro benzene ring substituents is 1. The van der Waals surface area contributed by atoms with E-state index in [1.54, 1.807) is 4.90 Å². The molecule has 0 saturated carbocycles. The normalized spacial score (nSPS) is 19.2. The summed E-state index contributed by atoms with van der Waals surface area (Å²) in [6.07, 6.45) is 0. The van der Waals surface area contributed by atoms with Crippen LogP contribution in [0.15, 0.2) is 18.2 Å². The van der Waals surface area contributed by atoms with Crippen molar-refractivity contribution in [3.8, 4) is 0 Å². The highest BCUT2D eigenvalue weighted by Gasteiger charge is 2.30. The highest BCUT2D eigenvalue weighted by Crippen LogP contribution is 2.20. The van der Waals surface area contributed by atoms with Crippen LogP contribution in [0.25, 0.3) is 0 Å². The predicted octanol–water partition coefficient (Wildman–Crippen LogP) is 1.11. The fourth-order valence-corrected chi connectivity index (χ4v) is 2.21. The second-order valence-corrected chi connectivity index (χ2v) is 4.63. The van der Waals surface area contributed by atoms with Crippen molar-refractivity contribution in [2.24, 2.45) is 0 Å². The zero-order valence-electron chi connectivity index (χ0n) is 11.5. The molecule has 1 aliphatic heterocycles. The summed E-state index contributed by atoms with van der Waals surface area (Å²) in [6.45, 7) is 1.46. The van der Waals surface area contributed by atoms with E-state index in [9.17, 15) is 19.3 Å². The lowest BCUT2D eigenvalue weighted by Crippen LogP contribution is -2.49. The smallest absolute Gasteiger partial charge is 0.325 e. The van der Waals surface area contributed by atoms with Gasteiger partial charge in [-0.2, -0.15) is 4.39 Å². The SMILES string of the molecule is COC(=O)C1COCCN1Cc1ccc([N+](=O)[O-])c(F)c1. The summed E-state index contributed by atoms with van der Waals surface area (Å²) in [7, 11) is 1.29. The lowest BCUT2D eigenvalue weighted by atomic mass is 10.1. The predicted molar refractivity (Wildman–Crippen MR) is 70.1 cm³/mol. The first-order valence-electron chi connectivity index (χ1n) is 6.35. The van der Waals surface area contributed by atoms with Crippen molar-refractivity contribution in [3.05, 3.63) is 39.7 Å². The molecule has 0 N–H and O–H groups in total. The van der Waals surface area contributed by atoms with E-state index in [1.165, 1.54) is 13.2 Å². The van der Waals surface area contributed by atoms with E-state index in [4.69, 9.17) is 9.47 Å². The van der Waals surface area contributed by atoms with Crippen LogP contribution < -0.4 is 0 Å². The molecule has 0 bridgehead atoms. The maximum Gasteiger partial charge on any atom is 0.325 e. The molecule has 1 fully saturated rings. The molecule has 1 unspecified atom stereocenters. The Labute approximate surface area is 120 Å². The van der Waals surface area contributed by atoms with Crippen molar-refractivity contribution in [2.45, 2.75) is 12.6 Å². The average molecular weight is 298 g/mol. The van der Waals surface area contributed by atoms with Gasteiger partial charge in [0.2, 0.25) is 5.82 Å². The first-order valence-corrected chi connectivity index (χ1v) is 6.35. The van der Waals surface area contributed by atoms with Crippen molar-refractivity contribution in [2.75, 3.05) is 26.9 Å². The summed E-state index contributed by atoms with van der Waals surface area (Å²) >= 11 is 0. The minimum Gasteiger partial charge on any atom is -0.468 e. The molecule has 0 aliphatic carbocycles. The molecule has 0 radical (unpaired) electrons. The number of carbonyl (C=O) groups is 1. The largest absolute Gasteiger partial charge is 0.468 e. The van der Waals surface area contributed by atoms with Gasteiger partial charge in [0.1, 0.15) is 6.04 Å². The molecule has 1 heterocycles. The zero-order valence-corrected chi connectivity index (χ0v) is 11.5. The van der Waals surface area contributed by atoms with Crippen molar-refractivity contribution in [1.82, 2.24) is 4.90 Å². The second-order valence-electron chi connectivity index (χ2n) is 4.63. The Kier molecular flexibility index (Phi) is 4.81. The zero-order chi connectivity index (χ0) is 15.4. The number of rotatable bonds is 4. The minimum atomic E-state index is -0.889. The van der Waals surface area contributed by atoms with Gasteiger partial charge in [-0.15, -0.1) is 0 Å². The van der Waals surface area contributed by atoms with Crippen molar-refractivity contribution >= 4 is 11.7 Å². The van der Waals surface area contributed by atoms with Gasteiger partial charge >= 0.3 is 11.7 Å². The van der Waals surface area contributed by atoms with Gasteiger partial charge in [0.05, 0.1) is 25.2 Å². The summed E-state index contributed by atoms with van der Waals surface area (Å²) in [5.74, 6) is -1.31. The molecule has 0 spiro atoms. The average Bonchev–Trinajstić information content (AvgIpc) is 2.46. The van der Waals surface area contributed by atoms with E-state index in [2.05, 4.69) is 0 Å². The highest BCUT2D eigenvalue weighted by molar-refractivity contribution is 5.75. The maximum atomic E-state index is 13.6. The van der Waals surface area contributed by atoms with Gasteiger partial charge in [-0.3, -0.25) is 19.8 Å². The van der Waals surface area contributed by atoms with E-state index in [0.717, 1.165) is 12.1 Å². The van der Waals surface area contributed by atoms with Gasteiger partial charge in [0.25, 0.3) is 0 Å². The molecule has 0 aromatic heterocycles. The number of nitro groups is 1. The van der Waals surface area contributed by atoms with Gasteiger partial charge < -0.3 is 9.47 Å². The Morgan fingerprint density at radius 1 is 1.62 bits per heavy atom. The van der Waals surface area contributed by atoms with Crippen LogP contribution in [0.2, 0.25) is 0 Å². The Hall–Kier alpha value is -2.06. The van der Waals surface area contributed by atoms with Crippen LogP contribution in [0.4, 0.5) is 10.1 Å². The lowest BCUT2D eigenvalue weighted by Gasteiger charge is -2.33. The molecule has 1 atom stereocenters. The van der Waals surface area contributed by atoms with Crippen LogP contribution in [0.1, 0.15) is 5.56 Å². The second kappa shape index (κ2) is 6.59. The van der Waals surface area contributed by atoms with Crippen molar-refractivity contribution < 1.29 is 23.6 Å². The monoisotopic (exact) mass is 298 g/mol. The fourth-order valence-electron chi connectivity index (χ4n) is 2.21. The molecule has 2 rings (SSSR count).